The summed E-state index contributed by atoms with van der Waals surface area (Å²) in [7, 11) is 1.77. The highest BCUT2D eigenvalue weighted by Gasteiger charge is 2.19. The van der Waals surface area contributed by atoms with Gasteiger partial charge in [-0.1, -0.05) is 11.6 Å². The van der Waals surface area contributed by atoms with Gasteiger partial charge in [0.2, 0.25) is 11.8 Å². The number of nitrogens with one attached hydrogen (secondary N) is 1. The molecule has 1 aromatic rings. The van der Waals surface area contributed by atoms with Crippen LogP contribution in [0.5, 0.6) is 0 Å². The van der Waals surface area contributed by atoms with Crippen LogP contribution in [0.3, 0.4) is 0 Å². The van der Waals surface area contributed by atoms with Crippen molar-refractivity contribution in [3.05, 3.63) is 21.3 Å². The summed E-state index contributed by atoms with van der Waals surface area (Å²) < 4.78 is 0.722. The number of thiophene rings is 1. The van der Waals surface area contributed by atoms with E-state index >= 15 is 0 Å². The van der Waals surface area contributed by atoms with Crippen molar-refractivity contribution in [2.45, 2.75) is 39.8 Å². The maximum atomic E-state index is 12.4. The lowest BCUT2D eigenvalue weighted by atomic mass is 10.1. The van der Waals surface area contributed by atoms with Crippen molar-refractivity contribution >= 4 is 34.8 Å². The molecular weight excluding hydrogens is 334 g/mol. The normalized spacial score (nSPS) is 11.6. The number of amides is 2. The molecule has 2 amide bonds. The predicted octanol–water partition coefficient (Wildman–Crippen LogP) is 2.60. The average Bonchev–Trinajstić information content (AvgIpc) is 2.78. The van der Waals surface area contributed by atoms with Gasteiger partial charge in [0.1, 0.15) is 0 Å². The largest absolute Gasteiger partial charge is 0.350 e. The minimum Gasteiger partial charge on any atom is -0.350 e. The Bertz CT molecular complexity index is 540. The van der Waals surface area contributed by atoms with Crippen molar-refractivity contribution in [3.63, 3.8) is 0 Å². The molecule has 130 valence electrons. The Labute approximate surface area is 147 Å². The first-order valence-corrected chi connectivity index (χ1v) is 8.81. The molecule has 7 heteroatoms. The summed E-state index contributed by atoms with van der Waals surface area (Å²) in [6, 6.07) is 3.77. The van der Waals surface area contributed by atoms with Crippen LogP contribution in [0.4, 0.5) is 0 Å². The van der Waals surface area contributed by atoms with E-state index in [0.29, 0.717) is 13.1 Å². The first-order chi connectivity index (χ1) is 10.6. The zero-order valence-electron chi connectivity index (χ0n) is 14.5. The molecule has 0 saturated carbocycles. The number of hydrogen-bond acceptors (Lipinski definition) is 4. The van der Waals surface area contributed by atoms with Gasteiger partial charge >= 0.3 is 0 Å². The topological polar surface area (TPSA) is 52.7 Å². The van der Waals surface area contributed by atoms with Crippen LogP contribution in [0.2, 0.25) is 4.34 Å². The SMILES string of the molecule is CCN(Cc1ccc(Cl)s1)C(=O)CN(C)CC(=O)NC(C)(C)C. The summed E-state index contributed by atoms with van der Waals surface area (Å²) in [6.45, 7) is 9.32. The first-order valence-electron chi connectivity index (χ1n) is 7.62. The highest BCUT2D eigenvalue weighted by molar-refractivity contribution is 7.16. The van der Waals surface area contributed by atoms with Crippen LogP contribution >= 0.6 is 22.9 Å². The van der Waals surface area contributed by atoms with Gasteiger partial charge in [0.25, 0.3) is 0 Å². The molecule has 0 radical (unpaired) electrons. The molecule has 0 bridgehead atoms. The van der Waals surface area contributed by atoms with E-state index in [2.05, 4.69) is 5.32 Å². The molecule has 0 saturated heterocycles. The number of halogens is 1. The maximum absolute atomic E-state index is 12.4. The Morgan fingerprint density at radius 2 is 1.91 bits per heavy atom. The lowest BCUT2D eigenvalue weighted by Gasteiger charge is -2.25. The van der Waals surface area contributed by atoms with Crippen molar-refractivity contribution in [1.29, 1.82) is 0 Å². The number of carbonyl (C=O) groups is 2. The van der Waals surface area contributed by atoms with Gasteiger partial charge in [-0.2, -0.15) is 0 Å². The molecule has 23 heavy (non-hydrogen) atoms. The zero-order valence-corrected chi connectivity index (χ0v) is 16.1. The molecule has 5 nitrogen and oxygen atoms in total. The van der Waals surface area contributed by atoms with E-state index in [4.69, 9.17) is 11.6 Å². The summed E-state index contributed by atoms with van der Waals surface area (Å²) >= 11 is 7.40. The van der Waals surface area contributed by atoms with E-state index in [0.717, 1.165) is 9.21 Å². The lowest BCUT2D eigenvalue weighted by Crippen LogP contribution is -2.47. The molecule has 0 unspecified atom stereocenters. The maximum Gasteiger partial charge on any atom is 0.237 e. The van der Waals surface area contributed by atoms with Gasteiger partial charge in [0, 0.05) is 17.0 Å². The highest BCUT2D eigenvalue weighted by atomic mass is 35.5. The Morgan fingerprint density at radius 1 is 1.26 bits per heavy atom. The Morgan fingerprint density at radius 3 is 2.39 bits per heavy atom. The molecule has 0 atom stereocenters. The molecule has 0 aromatic carbocycles. The fourth-order valence-corrected chi connectivity index (χ4v) is 3.19. The van der Waals surface area contributed by atoms with Gasteiger partial charge in [0.15, 0.2) is 0 Å². The van der Waals surface area contributed by atoms with E-state index < -0.39 is 0 Å². The predicted molar refractivity (Wildman–Crippen MR) is 95.8 cm³/mol. The lowest BCUT2D eigenvalue weighted by molar-refractivity contribution is -0.133. The highest BCUT2D eigenvalue weighted by Crippen LogP contribution is 2.22. The third kappa shape index (κ3) is 7.81. The van der Waals surface area contributed by atoms with Crippen LogP contribution < -0.4 is 5.32 Å². The second-order valence-corrected chi connectivity index (χ2v) is 8.38. The molecule has 1 N–H and O–H groups in total. The van der Waals surface area contributed by atoms with E-state index in [1.54, 1.807) is 16.8 Å². The molecule has 1 heterocycles. The Hall–Kier alpha value is -1.11. The van der Waals surface area contributed by atoms with Crippen LogP contribution in [-0.2, 0) is 16.1 Å². The summed E-state index contributed by atoms with van der Waals surface area (Å²) in [5.41, 5.74) is -0.268. The van der Waals surface area contributed by atoms with Crippen LogP contribution in [0, 0.1) is 0 Å². The molecule has 0 aliphatic heterocycles. The van der Waals surface area contributed by atoms with Crippen molar-refractivity contribution < 1.29 is 9.59 Å². The summed E-state index contributed by atoms with van der Waals surface area (Å²) in [5.74, 6) is -0.0797. The molecule has 1 aromatic heterocycles. The fraction of sp³-hybridized carbons (Fsp3) is 0.625. The van der Waals surface area contributed by atoms with Gasteiger partial charge in [-0.25, -0.2) is 0 Å². The van der Waals surface area contributed by atoms with Gasteiger partial charge < -0.3 is 10.2 Å². The standard InChI is InChI=1S/C16H26ClN3O2S/c1-6-20(9-12-7-8-13(17)23-12)15(22)11-19(5)10-14(21)18-16(2,3)4/h7-8H,6,9-11H2,1-5H3,(H,18,21). The van der Waals surface area contributed by atoms with Crippen LogP contribution in [0.15, 0.2) is 12.1 Å². The van der Waals surface area contributed by atoms with Crippen molar-refractivity contribution in [3.8, 4) is 0 Å². The van der Waals surface area contributed by atoms with Crippen LogP contribution in [-0.4, -0.2) is 53.8 Å². The van der Waals surface area contributed by atoms with E-state index in [1.807, 2.05) is 39.8 Å². The van der Waals surface area contributed by atoms with Gasteiger partial charge in [-0.05, 0) is 46.9 Å². The number of likely N-dealkylation sites (N-methyl/N-ethyl adjacent to an activating group) is 2. The van der Waals surface area contributed by atoms with Crippen molar-refractivity contribution in [1.82, 2.24) is 15.1 Å². The number of rotatable bonds is 7. The van der Waals surface area contributed by atoms with Crippen LogP contribution in [0.25, 0.3) is 0 Å². The van der Waals surface area contributed by atoms with E-state index in [9.17, 15) is 9.59 Å². The quantitative estimate of drug-likeness (QED) is 0.814. The third-order valence-electron chi connectivity index (χ3n) is 3.04. The fourth-order valence-electron chi connectivity index (χ4n) is 2.09. The van der Waals surface area contributed by atoms with Crippen LogP contribution in [0.1, 0.15) is 32.6 Å². The van der Waals surface area contributed by atoms with Gasteiger partial charge in [-0.3, -0.25) is 14.5 Å². The molecule has 0 aliphatic carbocycles. The second kappa shape index (κ2) is 8.66. The molecule has 0 spiro atoms. The van der Waals surface area contributed by atoms with Crippen molar-refractivity contribution in [2.75, 3.05) is 26.7 Å². The number of carbonyl (C=O) groups excluding carboxylic acids is 2. The second-order valence-electron chi connectivity index (χ2n) is 6.58. The average molecular weight is 360 g/mol. The van der Waals surface area contributed by atoms with E-state index in [-0.39, 0.29) is 30.4 Å². The summed E-state index contributed by atoms with van der Waals surface area (Å²) in [4.78, 5) is 28.8. The van der Waals surface area contributed by atoms with E-state index in [1.165, 1.54) is 11.3 Å². The number of nitrogens with zero attached hydrogens (tertiary/aromatic N) is 2. The molecule has 0 fully saturated rings. The van der Waals surface area contributed by atoms with Crippen molar-refractivity contribution in [2.24, 2.45) is 0 Å². The number of hydrogen-bond donors (Lipinski definition) is 1. The summed E-state index contributed by atoms with van der Waals surface area (Å²) in [5, 5.41) is 2.89. The minimum atomic E-state index is -0.268. The molecule has 1 rings (SSSR count). The smallest absolute Gasteiger partial charge is 0.237 e. The Kier molecular flexibility index (Phi) is 7.51. The molecular formula is C16H26ClN3O2S. The first kappa shape index (κ1) is 19.9. The Balaban J connectivity index is 2.50. The van der Waals surface area contributed by atoms with Gasteiger partial charge in [-0.15, -0.1) is 11.3 Å². The summed E-state index contributed by atoms with van der Waals surface area (Å²) in [6.07, 6.45) is 0. The minimum absolute atomic E-state index is 0.00285. The zero-order chi connectivity index (χ0) is 17.6. The molecule has 0 aliphatic rings. The third-order valence-corrected chi connectivity index (χ3v) is 4.26. The monoisotopic (exact) mass is 359 g/mol. The van der Waals surface area contributed by atoms with Gasteiger partial charge in [0.05, 0.1) is 24.0 Å².